The summed E-state index contributed by atoms with van der Waals surface area (Å²) >= 11 is 0. The molecule has 3 aromatic rings. The van der Waals surface area contributed by atoms with E-state index in [4.69, 9.17) is 10.5 Å². The van der Waals surface area contributed by atoms with E-state index in [0.717, 1.165) is 27.6 Å². The SMILES string of the molecule is Cc1cc(-c2cn(C)c3cc(F)ccc23)ccc1OC(=O)C(C)C(C)CCC(N)=O. The van der Waals surface area contributed by atoms with Crippen molar-refractivity contribution in [2.45, 2.75) is 33.6 Å². The molecule has 0 fully saturated rings. The molecular weight excluding hydrogens is 383 g/mol. The Kier molecular flexibility index (Phi) is 6.25. The van der Waals surface area contributed by atoms with E-state index in [1.165, 1.54) is 12.1 Å². The molecule has 30 heavy (non-hydrogen) atoms. The van der Waals surface area contributed by atoms with Crippen molar-refractivity contribution in [3.8, 4) is 16.9 Å². The van der Waals surface area contributed by atoms with Gasteiger partial charge in [-0.05, 0) is 60.7 Å². The maximum absolute atomic E-state index is 13.6. The summed E-state index contributed by atoms with van der Waals surface area (Å²) in [6.45, 7) is 5.60. The first-order valence-corrected chi connectivity index (χ1v) is 10.0. The number of nitrogens with zero attached hydrogens (tertiary/aromatic N) is 1. The Balaban J connectivity index is 1.79. The van der Waals surface area contributed by atoms with Gasteiger partial charge in [0.1, 0.15) is 11.6 Å². The van der Waals surface area contributed by atoms with Crippen molar-refractivity contribution < 1.29 is 18.7 Å². The van der Waals surface area contributed by atoms with Crippen LogP contribution in [0.1, 0.15) is 32.3 Å². The zero-order valence-electron chi connectivity index (χ0n) is 17.7. The molecule has 3 rings (SSSR count). The lowest BCUT2D eigenvalue weighted by Crippen LogP contribution is -2.25. The number of carbonyl (C=O) groups is 2. The Hall–Kier alpha value is -3.15. The van der Waals surface area contributed by atoms with Crippen molar-refractivity contribution in [1.82, 2.24) is 4.57 Å². The molecule has 0 aliphatic carbocycles. The molecule has 1 heterocycles. The minimum absolute atomic E-state index is 0.0133. The Bertz CT molecular complexity index is 1100. The number of amides is 1. The van der Waals surface area contributed by atoms with Crippen LogP contribution in [0.15, 0.2) is 42.6 Å². The molecule has 1 amide bonds. The summed E-state index contributed by atoms with van der Waals surface area (Å²) in [5.41, 5.74) is 8.79. The average molecular weight is 410 g/mol. The molecule has 0 radical (unpaired) electrons. The summed E-state index contributed by atoms with van der Waals surface area (Å²) in [4.78, 5) is 23.5. The van der Waals surface area contributed by atoms with E-state index < -0.39 is 0 Å². The van der Waals surface area contributed by atoms with Crippen molar-refractivity contribution in [1.29, 1.82) is 0 Å². The summed E-state index contributed by atoms with van der Waals surface area (Å²) < 4.78 is 21.1. The normalized spacial score (nSPS) is 13.2. The number of nitrogens with two attached hydrogens (primary N) is 1. The number of primary amides is 1. The fraction of sp³-hybridized carbons (Fsp3) is 0.333. The molecule has 6 heteroatoms. The number of hydrogen-bond donors (Lipinski definition) is 1. The van der Waals surface area contributed by atoms with E-state index >= 15 is 0 Å². The number of esters is 1. The van der Waals surface area contributed by atoms with Crippen molar-refractivity contribution in [2.75, 3.05) is 0 Å². The van der Waals surface area contributed by atoms with Crippen molar-refractivity contribution >= 4 is 22.8 Å². The lowest BCUT2D eigenvalue weighted by atomic mass is 9.91. The number of aromatic nitrogens is 1. The van der Waals surface area contributed by atoms with Crippen molar-refractivity contribution in [2.24, 2.45) is 24.6 Å². The first-order valence-electron chi connectivity index (χ1n) is 10.0. The average Bonchev–Trinajstić information content (AvgIpc) is 3.02. The molecule has 2 aromatic carbocycles. The third-order valence-corrected chi connectivity index (χ3v) is 5.72. The van der Waals surface area contributed by atoms with Crippen LogP contribution >= 0.6 is 0 Å². The van der Waals surface area contributed by atoms with Crippen LogP contribution in [-0.2, 0) is 16.6 Å². The molecule has 158 valence electrons. The summed E-state index contributed by atoms with van der Waals surface area (Å²) in [6.07, 6.45) is 2.76. The van der Waals surface area contributed by atoms with Gasteiger partial charge in [0.25, 0.3) is 0 Å². The van der Waals surface area contributed by atoms with Crippen molar-refractivity contribution in [3.05, 3.63) is 54.0 Å². The van der Waals surface area contributed by atoms with Gasteiger partial charge in [-0.25, -0.2) is 4.39 Å². The number of halogens is 1. The first kappa shape index (κ1) is 21.6. The molecule has 5 nitrogen and oxygen atoms in total. The van der Waals surface area contributed by atoms with Gasteiger partial charge in [0.2, 0.25) is 5.91 Å². The quantitative estimate of drug-likeness (QED) is 0.452. The highest BCUT2D eigenvalue weighted by molar-refractivity contribution is 5.96. The zero-order valence-corrected chi connectivity index (χ0v) is 17.7. The second-order valence-corrected chi connectivity index (χ2v) is 7.99. The van der Waals surface area contributed by atoms with Gasteiger partial charge >= 0.3 is 5.97 Å². The van der Waals surface area contributed by atoms with Gasteiger partial charge < -0.3 is 15.0 Å². The lowest BCUT2D eigenvalue weighted by molar-refractivity contribution is -0.140. The molecule has 1 aromatic heterocycles. The highest BCUT2D eigenvalue weighted by Gasteiger charge is 2.23. The molecule has 0 bridgehead atoms. The number of carbonyl (C=O) groups excluding carboxylic acids is 2. The predicted molar refractivity (Wildman–Crippen MR) is 115 cm³/mol. The fourth-order valence-corrected chi connectivity index (χ4v) is 3.57. The molecule has 0 aliphatic rings. The summed E-state index contributed by atoms with van der Waals surface area (Å²) in [7, 11) is 1.88. The van der Waals surface area contributed by atoms with Gasteiger partial charge in [-0.2, -0.15) is 0 Å². The van der Waals surface area contributed by atoms with Gasteiger partial charge in [-0.15, -0.1) is 0 Å². The van der Waals surface area contributed by atoms with Gasteiger partial charge in [-0.1, -0.05) is 19.9 Å². The minimum atomic E-state index is -0.370. The van der Waals surface area contributed by atoms with Gasteiger partial charge in [0.15, 0.2) is 0 Å². The molecule has 0 saturated carbocycles. The third kappa shape index (κ3) is 4.53. The first-order chi connectivity index (χ1) is 14.2. The van der Waals surface area contributed by atoms with Gasteiger partial charge in [0, 0.05) is 30.6 Å². The summed E-state index contributed by atoms with van der Waals surface area (Å²) in [6, 6.07) is 10.4. The van der Waals surface area contributed by atoms with E-state index in [-0.39, 0.29) is 36.0 Å². The van der Waals surface area contributed by atoms with E-state index in [1.807, 2.05) is 43.8 Å². The number of rotatable bonds is 7. The number of benzene rings is 2. The van der Waals surface area contributed by atoms with Gasteiger partial charge in [-0.3, -0.25) is 9.59 Å². The minimum Gasteiger partial charge on any atom is -0.426 e. The number of aryl methyl sites for hydroxylation is 2. The van der Waals surface area contributed by atoms with Crippen LogP contribution in [0.2, 0.25) is 0 Å². The van der Waals surface area contributed by atoms with Crippen LogP contribution in [0.25, 0.3) is 22.0 Å². The molecule has 0 aliphatic heterocycles. The topological polar surface area (TPSA) is 74.3 Å². The predicted octanol–water partition coefficient (Wildman–Crippen LogP) is 4.74. The monoisotopic (exact) mass is 410 g/mol. The Labute approximate surface area is 175 Å². The number of hydrogen-bond acceptors (Lipinski definition) is 3. The maximum atomic E-state index is 13.6. The smallest absolute Gasteiger partial charge is 0.314 e. The maximum Gasteiger partial charge on any atom is 0.314 e. The van der Waals surface area contributed by atoms with E-state index in [9.17, 15) is 14.0 Å². The molecular formula is C24H27FN2O3. The van der Waals surface area contributed by atoms with Crippen LogP contribution in [0, 0.1) is 24.6 Å². The fourth-order valence-electron chi connectivity index (χ4n) is 3.57. The Morgan fingerprint density at radius 1 is 1.17 bits per heavy atom. The molecule has 2 N–H and O–H groups in total. The van der Waals surface area contributed by atoms with Crippen molar-refractivity contribution in [3.63, 3.8) is 0 Å². The third-order valence-electron chi connectivity index (χ3n) is 5.72. The molecule has 0 saturated heterocycles. The highest BCUT2D eigenvalue weighted by atomic mass is 19.1. The van der Waals surface area contributed by atoms with E-state index in [0.29, 0.717) is 12.2 Å². The molecule has 0 spiro atoms. The lowest BCUT2D eigenvalue weighted by Gasteiger charge is -2.18. The van der Waals surface area contributed by atoms with Crippen LogP contribution in [0.4, 0.5) is 4.39 Å². The second-order valence-electron chi connectivity index (χ2n) is 7.99. The Morgan fingerprint density at radius 3 is 2.57 bits per heavy atom. The number of fused-ring (bicyclic) bond motifs is 1. The number of ether oxygens (including phenoxy) is 1. The van der Waals surface area contributed by atoms with Crippen LogP contribution < -0.4 is 10.5 Å². The van der Waals surface area contributed by atoms with Gasteiger partial charge in [0.05, 0.1) is 11.4 Å². The second kappa shape index (κ2) is 8.69. The Morgan fingerprint density at radius 2 is 1.90 bits per heavy atom. The summed E-state index contributed by atoms with van der Waals surface area (Å²) in [5, 5.41) is 0.958. The highest BCUT2D eigenvalue weighted by Crippen LogP contribution is 2.33. The molecule has 2 atom stereocenters. The zero-order chi connectivity index (χ0) is 22.0. The van der Waals surface area contributed by atoms with Crippen LogP contribution in [0.5, 0.6) is 5.75 Å². The van der Waals surface area contributed by atoms with E-state index in [2.05, 4.69) is 0 Å². The molecule has 2 unspecified atom stereocenters. The standard InChI is InChI=1S/C24H27FN2O3/c1-14(5-10-23(26)28)16(3)24(29)30-22-9-6-17(11-15(22)2)20-13-27(4)21-12-18(25)7-8-19(20)21/h6-9,11-14,16H,5,10H2,1-4H3,(H2,26,28). The largest absolute Gasteiger partial charge is 0.426 e. The van der Waals surface area contributed by atoms with Crippen LogP contribution in [0.3, 0.4) is 0 Å². The summed E-state index contributed by atoms with van der Waals surface area (Å²) in [5.74, 6) is -0.831. The van der Waals surface area contributed by atoms with E-state index in [1.54, 1.807) is 19.1 Å². The van der Waals surface area contributed by atoms with Crippen LogP contribution in [-0.4, -0.2) is 16.4 Å².